The molecule has 2 aliphatic rings. The maximum atomic E-state index is 14.3. The number of nitrogens with one attached hydrogen (secondary N) is 1. The fraction of sp³-hybridized carbons (Fsp3) is 0.250. The molecule has 0 aliphatic heterocycles. The molecule has 164 valence electrons. The Morgan fingerprint density at radius 1 is 0.848 bits per heavy atom. The van der Waals surface area contributed by atoms with Gasteiger partial charge in [-0.25, -0.2) is 9.97 Å². The third-order valence-electron chi connectivity index (χ3n) is 7.74. The van der Waals surface area contributed by atoms with Crippen LogP contribution in [0.2, 0.25) is 0 Å². The van der Waals surface area contributed by atoms with Crippen LogP contribution in [0.15, 0.2) is 84.9 Å². The van der Waals surface area contributed by atoms with Crippen LogP contribution in [-0.2, 0) is 10.2 Å². The van der Waals surface area contributed by atoms with Gasteiger partial charge in [-0.15, -0.1) is 0 Å². The van der Waals surface area contributed by atoms with Gasteiger partial charge in [0.15, 0.2) is 0 Å². The minimum absolute atomic E-state index is 0.0222. The number of hydrogen-bond donors (Lipinski definition) is 1. The first-order valence-corrected chi connectivity index (χ1v) is 11.5. The molecule has 1 heterocycles. The van der Waals surface area contributed by atoms with Crippen molar-refractivity contribution in [2.75, 3.05) is 5.01 Å². The van der Waals surface area contributed by atoms with Gasteiger partial charge in [0.2, 0.25) is 0 Å². The Bertz CT molecular complexity index is 1310. The number of nitrogens with zero attached hydrogens (tertiary/aromatic N) is 3. The molecule has 1 fully saturated rings. The molecule has 0 saturated heterocycles. The topological polar surface area (TPSA) is 58.1 Å². The number of rotatable bonds is 4. The second-order valence-corrected chi connectivity index (χ2v) is 9.61. The minimum Gasteiger partial charge on any atom is -0.272 e. The number of hydrogen-bond acceptors (Lipinski definition) is 4. The Hall–Kier alpha value is -3.73. The third kappa shape index (κ3) is 2.75. The van der Waals surface area contributed by atoms with E-state index in [1.54, 1.807) is 0 Å². The summed E-state index contributed by atoms with van der Waals surface area (Å²) in [5.74, 6) is 0.197. The second-order valence-electron chi connectivity index (χ2n) is 9.61. The monoisotopic (exact) mass is 434 g/mol. The van der Waals surface area contributed by atoms with E-state index in [1.807, 2.05) is 89.9 Å². The molecular formula is C28H26N4O. The summed E-state index contributed by atoms with van der Waals surface area (Å²) in [6.07, 6.45) is 1.71. The molecular weight excluding hydrogens is 408 g/mol. The van der Waals surface area contributed by atoms with Crippen LogP contribution in [0.1, 0.15) is 44.0 Å². The van der Waals surface area contributed by atoms with E-state index in [1.165, 1.54) is 0 Å². The van der Waals surface area contributed by atoms with E-state index in [9.17, 15) is 4.79 Å². The summed E-state index contributed by atoms with van der Waals surface area (Å²) in [5, 5.41) is 1.88. The Morgan fingerprint density at radius 2 is 1.39 bits per heavy atom. The molecule has 2 bridgehead atoms. The van der Waals surface area contributed by atoms with Gasteiger partial charge in [0.25, 0.3) is 5.91 Å². The number of fused-ring (bicyclic) bond motifs is 6. The van der Waals surface area contributed by atoms with Crippen LogP contribution in [0.4, 0.5) is 11.4 Å². The molecule has 2 unspecified atom stereocenters. The van der Waals surface area contributed by atoms with E-state index in [2.05, 4.69) is 19.3 Å². The zero-order valence-electron chi connectivity index (χ0n) is 18.8. The summed E-state index contributed by atoms with van der Waals surface area (Å²) in [6, 6.07) is 27.8. The number of para-hydroxylation sites is 4. The molecule has 4 aromatic rings. The first-order chi connectivity index (χ1) is 16.0. The first kappa shape index (κ1) is 19.9. The molecule has 3 aromatic carbocycles. The Kier molecular flexibility index (Phi) is 4.31. The Morgan fingerprint density at radius 3 is 2.00 bits per heavy atom. The lowest BCUT2D eigenvalue weighted by Gasteiger charge is -2.38. The van der Waals surface area contributed by atoms with Crippen molar-refractivity contribution >= 4 is 28.3 Å². The van der Waals surface area contributed by atoms with Crippen LogP contribution >= 0.6 is 0 Å². The number of carbonyl (C=O) groups is 1. The van der Waals surface area contributed by atoms with Gasteiger partial charge in [0.05, 0.1) is 33.8 Å². The van der Waals surface area contributed by atoms with Crippen LogP contribution in [0, 0.1) is 5.41 Å². The van der Waals surface area contributed by atoms with Crippen molar-refractivity contribution in [1.82, 2.24) is 15.4 Å². The highest BCUT2D eigenvalue weighted by Gasteiger charge is 2.68. The van der Waals surface area contributed by atoms with Crippen molar-refractivity contribution < 1.29 is 4.79 Å². The lowest BCUT2D eigenvalue weighted by atomic mass is 9.68. The van der Waals surface area contributed by atoms with Gasteiger partial charge in [-0.3, -0.25) is 15.2 Å². The maximum Gasteiger partial charge on any atom is 0.251 e. The number of aromatic nitrogens is 2. The van der Waals surface area contributed by atoms with E-state index < -0.39 is 5.41 Å². The molecule has 1 saturated carbocycles. The lowest BCUT2D eigenvalue weighted by Crippen LogP contribution is -2.54. The maximum absolute atomic E-state index is 14.3. The van der Waals surface area contributed by atoms with Gasteiger partial charge in [-0.2, -0.15) is 0 Å². The number of anilines is 2. The quantitative estimate of drug-likeness (QED) is 0.422. The molecule has 1 aromatic heterocycles. The summed E-state index contributed by atoms with van der Waals surface area (Å²) in [4.78, 5) is 24.3. The molecule has 2 aliphatic carbocycles. The number of benzene rings is 3. The number of amides is 1. The number of hydrazine groups is 1. The fourth-order valence-corrected chi connectivity index (χ4v) is 5.96. The summed E-state index contributed by atoms with van der Waals surface area (Å²) in [6.45, 7) is 4.40. The predicted molar refractivity (Wildman–Crippen MR) is 130 cm³/mol. The van der Waals surface area contributed by atoms with Crippen LogP contribution in [0.5, 0.6) is 0 Å². The van der Waals surface area contributed by atoms with E-state index in [4.69, 9.17) is 9.97 Å². The van der Waals surface area contributed by atoms with E-state index in [0.717, 1.165) is 46.6 Å². The highest BCUT2D eigenvalue weighted by Crippen LogP contribution is 2.67. The molecule has 5 heteroatoms. The molecule has 33 heavy (non-hydrogen) atoms. The van der Waals surface area contributed by atoms with Gasteiger partial charge in [0.1, 0.15) is 5.41 Å². The zero-order chi connectivity index (χ0) is 22.6. The minimum atomic E-state index is -0.730. The second kappa shape index (κ2) is 7.14. The van der Waals surface area contributed by atoms with Gasteiger partial charge < -0.3 is 0 Å². The average Bonchev–Trinajstić information content (AvgIpc) is 3.23. The van der Waals surface area contributed by atoms with Crippen molar-refractivity contribution in [3.8, 4) is 0 Å². The Balaban J connectivity index is 1.47. The van der Waals surface area contributed by atoms with Crippen molar-refractivity contribution in [2.24, 2.45) is 5.41 Å². The summed E-state index contributed by atoms with van der Waals surface area (Å²) in [7, 11) is 0. The van der Waals surface area contributed by atoms with Crippen LogP contribution in [0.25, 0.3) is 11.0 Å². The largest absolute Gasteiger partial charge is 0.272 e. The van der Waals surface area contributed by atoms with Gasteiger partial charge in [0, 0.05) is 5.92 Å². The smallest absolute Gasteiger partial charge is 0.251 e. The third-order valence-corrected chi connectivity index (χ3v) is 7.74. The number of carbonyl (C=O) groups excluding carboxylic acids is 1. The summed E-state index contributed by atoms with van der Waals surface area (Å²) >= 11 is 0. The SMILES string of the molecule is CC1(C)C2CCC1(C(=O)NN(c1ccccc1)c1ccccc1)c1nc3ccccc3nc12. The fourth-order valence-electron chi connectivity index (χ4n) is 5.96. The van der Waals surface area contributed by atoms with Crippen LogP contribution in [0.3, 0.4) is 0 Å². The average molecular weight is 435 g/mol. The van der Waals surface area contributed by atoms with Crippen molar-refractivity contribution in [3.05, 3.63) is 96.3 Å². The van der Waals surface area contributed by atoms with Gasteiger partial charge in [-0.05, 0) is 54.7 Å². The van der Waals surface area contributed by atoms with E-state index in [0.29, 0.717) is 0 Å². The molecule has 0 radical (unpaired) electrons. The van der Waals surface area contributed by atoms with Crippen molar-refractivity contribution in [1.29, 1.82) is 0 Å². The molecule has 1 amide bonds. The van der Waals surface area contributed by atoms with Crippen LogP contribution < -0.4 is 10.4 Å². The molecule has 2 atom stereocenters. The summed E-state index contributed by atoms with van der Waals surface area (Å²) < 4.78 is 0. The Labute approximate surface area is 193 Å². The lowest BCUT2D eigenvalue weighted by molar-refractivity contribution is -0.130. The molecule has 1 N–H and O–H groups in total. The van der Waals surface area contributed by atoms with Crippen LogP contribution in [-0.4, -0.2) is 15.9 Å². The predicted octanol–water partition coefficient (Wildman–Crippen LogP) is 5.65. The first-order valence-electron chi connectivity index (χ1n) is 11.5. The van der Waals surface area contributed by atoms with E-state index >= 15 is 0 Å². The molecule has 5 nitrogen and oxygen atoms in total. The normalized spacial score (nSPS) is 22.2. The summed E-state index contributed by atoms with van der Waals surface area (Å²) in [5.41, 5.74) is 7.66. The zero-order valence-corrected chi connectivity index (χ0v) is 18.8. The molecule has 0 spiro atoms. The highest BCUT2D eigenvalue weighted by molar-refractivity contribution is 5.94. The molecule has 6 rings (SSSR count). The van der Waals surface area contributed by atoms with Gasteiger partial charge >= 0.3 is 0 Å². The van der Waals surface area contributed by atoms with Crippen molar-refractivity contribution in [2.45, 2.75) is 38.0 Å². The van der Waals surface area contributed by atoms with Gasteiger partial charge in [-0.1, -0.05) is 62.4 Å². The standard InChI is InChI=1S/C28H26N4O/c1-27(2)21-17-18-28(27,25-24(21)29-22-15-9-10-16-23(22)30-25)26(33)31-32(19-11-5-3-6-12-19)20-13-7-4-8-14-20/h3-16,21H,17-18H2,1-2H3,(H,31,33). The van der Waals surface area contributed by atoms with E-state index in [-0.39, 0.29) is 17.2 Å². The van der Waals surface area contributed by atoms with Crippen molar-refractivity contribution in [3.63, 3.8) is 0 Å². The highest BCUT2D eigenvalue weighted by atomic mass is 16.2.